The first-order valence-corrected chi connectivity index (χ1v) is 4.25. The topological polar surface area (TPSA) is 116 Å². The van der Waals surface area contributed by atoms with E-state index in [0.29, 0.717) is 11.1 Å². The number of nitrogens with one attached hydrogen (secondary N) is 1. The van der Waals surface area contributed by atoms with Gasteiger partial charge in [0.1, 0.15) is 0 Å². The van der Waals surface area contributed by atoms with E-state index in [1.54, 1.807) is 24.4 Å². The Hall–Kier alpha value is -2.11. The molecule has 5 nitrogen and oxygen atoms in total. The van der Waals surface area contributed by atoms with E-state index >= 15 is 0 Å². The minimum Gasteiger partial charge on any atom is -0.478 e. The highest BCUT2D eigenvalue weighted by Crippen LogP contribution is 2.21. The SMILES string of the molecule is O.O.O=C(O)c1ccccc1-c1ccc[nH]1. The Balaban J connectivity index is 0.00000112. The molecule has 0 spiro atoms. The van der Waals surface area contributed by atoms with Gasteiger partial charge in [0.2, 0.25) is 0 Å². The molecule has 86 valence electrons. The summed E-state index contributed by atoms with van der Waals surface area (Å²) in [6.07, 6.45) is 1.77. The van der Waals surface area contributed by atoms with Crippen molar-refractivity contribution < 1.29 is 20.9 Å². The lowest BCUT2D eigenvalue weighted by molar-refractivity contribution is 0.0697. The highest BCUT2D eigenvalue weighted by Gasteiger charge is 2.10. The highest BCUT2D eigenvalue weighted by molar-refractivity contribution is 5.95. The largest absolute Gasteiger partial charge is 0.478 e. The number of hydrogen-bond acceptors (Lipinski definition) is 1. The molecule has 0 saturated carbocycles. The second kappa shape index (κ2) is 5.69. The van der Waals surface area contributed by atoms with Crippen molar-refractivity contribution in [3.8, 4) is 11.3 Å². The smallest absolute Gasteiger partial charge is 0.336 e. The van der Waals surface area contributed by atoms with Crippen LogP contribution in [0, 0.1) is 0 Å². The van der Waals surface area contributed by atoms with Crippen LogP contribution in [0.3, 0.4) is 0 Å². The molecule has 5 heteroatoms. The molecule has 0 atom stereocenters. The number of aromatic nitrogens is 1. The molecular formula is C11H13NO4. The number of benzene rings is 1. The summed E-state index contributed by atoms with van der Waals surface area (Å²) in [7, 11) is 0. The quantitative estimate of drug-likeness (QED) is 0.780. The van der Waals surface area contributed by atoms with Crippen LogP contribution in [0.2, 0.25) is 0 Å². The zero-order valence-electron chi connectivity index (χ0n) is 8.40. The van der Waals surface area contributed by atoms with E-state index in [1.165, 1.54) is 0 Å². The Morgan fingerprint density at radius 3 is 2.31 bits per heavy atom. The fourth-order valence-corrected chi connectivity index (χ4v) is 1.40. The lowest BCUT2D eigenvalue weighted by Gasteiger charge is -2.02. The van der Waals surface area contributed by atoms with Gasteiger partial charge in [0.15, 0.2) is 0 Å². The zero-order chi connectivity index (χ0) is 9.97. The number of hydrogen-bond donors (Lipinski definition) is 2. The van der Waals surface area contributed by atoms with Crippen molar-refractivity contribution in [2.75, 3.05) is 0 Å². The lowest BCUT2D eigenvalue weighted by atomic mass is 10.1. The number of carboxylic acids is 1. The summed E-state index contributed by atoms with van der Waals surface area (Å²) in [6.45, 7) is 0. The van der Waals surface area contributed by atoms with E-state index in [9.17, 15) is 4.79 Å². The van der Waals surface area contributed by atoms with Crippen molar-refractivity contribution in [2.45, 2.75) is 0 Å². The molecule has 0 aliphatic rings. The third kappa shape index (κ3) is 2.47. The third-order valence-corrected chi connectivity index (χ3v) is 2.05. The molecule has 0 aliphatic heterocycles. The van der Waals surface area contributed by atoms with Crippen LogP contribution in [-0.4, -0.2) is 27.0 Å². The predicted octanol–water partition coefficient (Wildman–Crippen LogP) is 0.730. The van der Waals surface area contributed by atoms with E-state index in [0.717, 1.165) is 5.69 Å². The van der Waals surface area contributed by atoms with Crippen molar-refractivity contribution in [1.82, 2.24) is 4.98 Å². The van der Waals surface area contributed by atoms with Gasteiger partial charge in [-0.1, -0.05) is 18.2 Å². The summed E-state index contributed by atoms with van der Waals surface area (Å²) >= 11 is 0. The molecule has 0 aliphatic carbocycles. The van der Waals surface area contributed by atoms with Gasteiger partial charge in [0.25, 0.3) is 0 Å². The van der Waals surface area contributed by atoms with Crippen molar-refractivity contribution >= 4 is 5.97 Å². The lowest BCUT2D eigenvalue weighted by Crippen LogP contribution is -1.98. The number of H-pyrrole nitrogens is 1. The van der Waals surface area contributed by atoms with Gasteiger partial charge in [0, 0.05) is 17.5 Å². The molecule has 1 aromatic heterocycles. The number of carbonyl (C=O) groups is 1. The van der Waals surface area contributed by atoms with Crippen LogP contribution in [0.1, 0.15) is 10.4 Å². The number of carboxylic acid groups (broad SMARTS) is 1. The fraction of sp³-hybridized carbons (Fsp3) is 0. The summed E-state index contributed by atoms with van der Waals surface area (Å²) in [5.41, 5.74) is 1.85. The molecule has 6 N–H and O–H groups in total. The van der Waals surface area contributed by atoms with Crippen molar-refractivity contribution in [1.29, 1.82) is 0 Å². The molecule has 0 radical (unpaired) electrons. The van der Waals surface area contributed by atoms with E-state index in [-0.39, 0.29) is 11.0 Å². The molecule has 0 fully saturated rings. The second-order valence-electron chi connectivity index (χ2n) is 2.93. The van der Waals surface area contributed by atoms with Crippen LogP contribution in [0.5, 0.6) is 0 Å². The van der Waals surface area contributed by atoms with Crippen LogP contribution in [0.4, 0.5) is 0 Å². The average Bonchev–Trinajstić information content (AvgIpc) is 2.70. The van der Waals surface area contributed by atoms with Gasteiger partial charge >= 0.3 is 5.97 Å². The molecule has 2 aromatic rings. The Kier molecular flexibility index (Phi) is 4.94. The second-order valence-corrected chi connectivity index (χ2v) is 2.93. The molecule has 1 heterocycles. The maximum atomic E-state index is 10.9. The summed E-state index contributed by atoms with van der Waals surface area (Å²) in [5.74, 6) is -0.907. The van der Waals surface area contributed by atoms with Crippen molar-refractivity contribution in [2.24, 2.45) is 0 Å². The van der Waals surface area contributed by atoms with Crippen LogP contribution >= 0.6 is 0 Å². The molecule has 0 saturated heterocycles. The zero-order valence-corrected chi connectivity index (χ0v) is 8.40. The van der Waals surface area contributed by atoms with Crippen LogP contribution in [-0.2, 0) is 0 Å². The summed E-state index contributed by atoms with van der Waals surface area (Å²) in [5, 5.41) is 8.95. The number of aromatic carboxylic acids is 1. The van der Waals surface area contributed by atoms with Crippen LogP contribution in [0.15, 0.2) is 42.6 Å². The Morgan fingerprint density at radius 2 is 1.75 bits per heavy atom. The van der Waals surface area contributed by atoms with Gasteiger partial charge in [-0.2, -0.15) is 0 Å². The Morgan fingerprint density at radius 1 is 1.06 bits per heavy atom. The monoisotopic (exact) mass is 223 g/mol. The number of aromatic amines is 1. The Labute approximate surface area is 92.0 Å². The third-order valence-electron chi connectivity index (χ3n) is 2.05. The molecule has 0 bridgehead atoms. The van der Waals surface area contributed by atoms with Gasteiger partial charge in [-0.25, -0.2) is 4.79 Å². The van der Waals surface area contributed by atoms with E-state index < -0.39 is 5.97 Å². The molecular weight excluding hydrogens is 210 g/mol. The molecule has 1 aromatic carbocycles. The van der Waals surface area contributed by atoms with Crippen molar-refractivity contribution in [3.63, 3.8) is 0 Å². The minimum absolute atomic E-state index is 0. The van der Waals surface area contributed by atoms with Gasteiger partial charge < -0.3 is 21.0 Å². The van der Waals surface area contributed by atoms with Gasteiger partial charge in [-0.15, -0.1) is 0 Å². The predicted molar refractivity (Wildman–Crippen MR) is 60.4 cm³/mol. The molecule has 0 unspecified atom stereocenters. The van der Waals surface area contributed by atoms with Crippen LogP contribution < -0.4 is 0 Å². The minimum atomic E-state index is -0.907. The first-order valence-electron chi connectivity index (χ1n) is 4.25. The average molecular weight is 223 g/mol. The molecule has 0 amide bonds. The summed E-state index contributed by atoms with van der Waals surface area (Å²) < 4.78 is 0. The maximum Gasteiger partial charge on any atom is 0.336 e. The standard InChI is InChI=1S/C11H9NO2.2H2O/c13-11(14)9-5-2-1-4-8(9)10-6-3-7-12-10;;/h1-7,12H,(H,13,14);2*1H2. The number of rotatable bonds is 2. The highest BCUT2D eigenvalue weighted by atomic mass is 16.4. The fourth-order valence-electron chi connectivity index (χ4n) is 1.40. The van der Waals surface area contributed by atoms with Crippen molar-refractivity contribution in [3.05, 3.63) is 48.2 Å². The Bertz CT molecular complexity index is 451. The first-order chi connectivity index (χ1) is 6.79. The summed E-state index contributed by atoms with van der Waals surface area (Å²) in [6, 6.07) is 10.6. The normalized spacial score (nSPS) is 8.75. The van der Waals surface area contributed by atoms with Gasteiger partial charge in [0.05, 0.1) is 5.56 Å². The molecule has 16 heavy (non-hydrogen) atoms. The summed E-state index contributed by atoms with van der Waals surface area (Å²) in [4.78, 5) is 13.9. The van der Waals surface area contributed by atoms with E-state index in [4.69, 9.17) is 5.11 Å². The van der Waals surface area contributed by atoms with E-state index in [1.807, 2.05) is 18.2 Å². The van der Waals surface area contributed by atoms with Gasteiger partial charge in [-0.05, 0) is 18.2 Å². The maximum absolute atomic E-state index is 10.9. The first kappa shape index (κ1) is 13.9. The van der Waals surface area contributed by atoms with Crippen LogP contribution in [0.25, 0.3) is 11.3 Å². The van der Waals surface area contributed by atoms with Gasteiger partial charge in [-0.3, -0.25) is 0 Å². The van der Waals surface area contributed by atoms with E-state index in [2.05, 4.69) is 4.98 Å². The molecule has 2 rings (SSSR count).